The van der Waals surface area contributed by atoms with Crippen molar-refractivity contribution in [3.05, 3.63) is 95.7 Å². The quantitative estimate of drug-likeness (QED) is 0.257. The molecule has 2 N–H and O–H groups in total. The lowest BCUT2D eigenvalue weighted by Gasteiger charge is -2.21. The number of hydrogen-bond donors (Lipinski definition) is 2. The third-order valence-corrected chi connectivity index (χ3v) is 5.80. The zero-order valence-corrected chi connectivity index (χ0v) is 20.9. The largest absolute Gasteiger partial charge is 0.357 e. The van der Waals surface area contributed by atoms with Crippen LogP contribution in [0.1, 0.15) is 35.4 Å². The molecule has 1 saturated heterocycles. The SMILES string of the molecule is CN=C(NCc1ccnc(N2CCCC2)c1)NCC(c1ccccc1)c1ccccc1.I. The first kappa shape index (κ1) is 24.0. The minimum absolute atomic E-state index is 0. The average molecular weight is 541 g/mol. The lowest BCUT2D eigenvalue weighted by Crippen LogP contribution is -2.39. The fourth-order valence-electron chi connectivity index (χ4n) is 4.09. The normalized spacial score (nSPS) is 13.7. The van der Waals surface area contributed by atoms with Gasteiger partial charge in [-0.3, -0.25) is 4.99 Å². The molecule has 0 radical (unpaired) electrons. The molecule has 0 aliphatic carbocycles. The number of benzene rings is 2. The first-order valence-corrected chi connectivity index (χ1v) is 11.1. The lowest BCUT2D eigenvalue weighted by atomic mass is 9.91. The Morgan fingerprint density at radius 1 is 0.938 bits per heavy atom. The van der Waals surface area contributed by atoms with Gasteiger partial charge in [0.2, 0.25) is 0 Å². The van der Waals surface area contributed by atoms with Crippen LogP contribution in [0.2, 0.25) is 0 Å². The van der Waals surface area contributed by atoms with Crippen molar-refractivity contribution in [2.75, 3.05) is 31.6 Å². The number of guanidine groups is 1. The topological polar surface area (TPSA) is 52.6 Å². The van der Waals surface area contributed by atoms with Crippen molar-refractivity contribution in [2.45, 2.75) is 25.3 Å². The van der Waals surface area contributed by atoms with Gasteiger partial charge in [-0.2, -0.15) is 0 Å². The number of nitrogens with zero attached hydrogens (tertiary/aromatic N) is 3. The van der Waals surface area contributed by atoms with E-state index in [0.29, 0.717) is 6.54 Å². The Morgan fingerprint density at radius 2 is 1.56 bits per heavy atom. The fraction of sp³-hybridized carbons (Fsp3) is 0.308. The molecule has 1 fully saturated rings. The maximum atomic E-state index is 4.55. The van der Waals surface area contributed by atoms with E-state index in [2.05, 4.69) is 98.3 Å². The molecular weight excluding hydrogens is 509 g/mol. The van der Waals surface area contributed by atoms with Gasteiger partial charge in [0.05, 0.1) is 0 Å². The number of hydrogen-bond acceptors (Lipinski definition) is 3. The van der Waals surface area contributed by atoms with Crippen molar-refractivity contribution >= 4 is 35.8 Å². The van der Waals surface area contributed by atoms with Crippen LogP contribution in [0.3, 0.4) is 0 Å². The van der Waals surface area contributed by atoms with Crippen molar-refractivity contribution in [1.29, 1.82) is 0 Å². The maximum absolute atomic E-state index is 4.55. The van der Waals surface area contributed by atoms with Gasteiger partial charge in [0.25, 0.3) is 0 Å². The summed E-state index contributed by atoms with van der Waals surface area (Å²) in [6.45, 7) is 3.69. The number of aromatic nitrogens is 1. The summed E-state index contributed by atoms with van der Waals surface area (Å²) < 4.78 is 0. The van der Waals surface area contributed by atoms with E-state index in [-0.39, 0.29) is 29.9 Å². The molecule has 168 valence electrons. The monoisotopic (exact) mass is 541 g/mol. The molecular formula is C26H32IN5. The number of nitrogens with one attached hydrogen (secondary N) is 2. The standard InChI is InChI=1S/C26H31N5.HI/c1-27-26(29-19-21-14-15-28-25(18-21)31-16-8-9-17-31)30-20-24(22-10-4-2-5-11-22)23-12-6-3-7-13-23;/h2-7,10-15,18,24H,8-9,16-17,19-20H2,1H3,(H2,27,29,30);1H. The summed E-state index contributed by atoms with van der Waals surface area (Å²) in [5.41, 5.74) is 3.80. The molecule has 3 aromatic rings. The van der Waals surface area contributed by atoms with E-state index in [4.69, 9.17) is 0 Å². The molecule has 0 bridgehead atoms. The van der Waals surface area contributed by atoms with E-state index in [0.717, 1.165) is 31.4 Å². The summed E-state index contributed by atoms with van der Waals surface area (Å²) in [7, 11) is 1.82. The van der Waals surface area contributed by atoms with Crippen LogP contribution in [0, 0.1) is 0 Å². The Labute approximate surface area is 208 Å². The van der Waals surface area contributed by atoms with E-state index >= 15 is 0 Å². The van der Waals surface area contributed by atoms with Gasteiger partial charge in [0.1, 0.15) is 5.82 Å². The van der Waals surface area contributed by atoms with Crippen molar-refractivity contribution in [3.63, 3.8) is 0 Å². The van der Waals surface area contributed by atoms with Gasteiger partial charge in [-0.05, 0) is 41.7 Å². The van der Waals surface area contributed by atoms with Crippen molar-refractivity contribution in [2.24, 2.45) is 4.99 Å². The van der Waals surface area contributed by atoms with Crippen molar-refractivity contribution in [1.82, 2.24) is 15.6 Å². The van der Waals surface area contributed by atoms with Crippen LogP contribution < -0.4 is 15.5 Å². The molecule has 2 heterocycles. The van der Waals surface area contributed by atoms with Gasteiger partial charge >= 0.3 is 0 Å². The zero-order valence-electron chi connectivity index (χ0n) is 18.6. The lowest BCUT2D eigenvalue weighted by molar-refractivity contribution is 0.728. The molecule has 0 spiro atoms. The highest BCUT2D eigenvalue weighted by molar-refractivity contribution is 14.0. The highest BCUT2D eigenvalue weighted by Gasteiger charge is 2.15. The van der Waals surface area contributed by atoms with Crippen LogP contribution >= 0.6 is 24.0 Å². The first-order chi connectivity index (χ1) is 15.3. The fourth-order valence-corrected chi connectivity index (χ4v) is 4.09. The van der Waals surface area contributed by atoms with Gasteiger partial charge in [-0.25, -0.2) is 4.98 Å². The van der Waals surface area contributed by atoms with E-state index in [1.165, 1.54) is 29.5 Å². The second kappa shape index (κ2) is 12.4. The molecule has 0 saturated carbocycles. The second-order valence-corrected chi connectivity index (χ2v) is 7.90. The number of rotatable bonds is 7. The minimum atomic E-state index is 0. The number of halogens is 1. The molecule has 0 amide bonds. The summed E-state index contributed by atoms with van der Waals surface area (Å²) in [6.07, 6.45) is 4.41. The predicted molar refractivity (Wildman–Crippen MR) is 144 cm³/mol. The summed E-state index contributed by atoms with van der Waals surface area (Å²) in [4.78, 5) is 11.3. The van der Waals surface area contributed by atoms with Gasteiger partial charge < -0.3 is 15.5 Å². The Morgan fingerprint density at radius 3 is 2.16 bits per heavy atom. The summed E-state index contributed by atoms with van der Waals surface area (Å²) in [5.74, 6) is 2.13. The molecule has 0 atom stereocenters. The Kier molecular flexibility index (Phi) is 9.34. The van der Waals surface area contributed by atoms with Gasteiger partial charge in [0.15, 0.2) is 5.96 Å². The summed E-state index contributed by atoms with van der Waals surface area (Å²) in [6, 6.07) is 25.5. The number of anilines is 1. The van der Waals surface area contributed by atoms with Crippen LogP contribution in [0.15, 0.2) is 84.0 Å². The molecule has 1 aliphatic heterocycles. The predicted octanol–water partition coefficient (Wildman–Crippen LogP) is 4.80. The Balaban J connectivity index is 0.00000289. The summed E-state index contributed by atoms with van der Waals surface area (Å²) in [5, 5.41) is 6.97. The average Bonchev–Trinajstić information content (AvgIpc) is 3.38. The molecule has 32 heavy (non-hydrogen) atoms. The zero-order chi connectivity index (χ0) is 21.3. The summed E-state index contributed by atoms with van der Waals surface area (Å²) >= 11 is 0. The highest BCUT2D eigenvalue weighted by atomic mass is 127. The van der Waals surface area contributed by atoms with Gasteiger partial charge in [-0.15, -0.1) is 24.0 Å². The van der Waals surface area contributed by atoms with E-state index < -0.39 is 0 Å². The van der Waals surface area contributed by atoms with E-state index in [9.17, 15) is 0 Å². The molecule has 6 heteroatoms. The smallest absolute Gasteiger partial charge is 0.191 e. The van der Waals surface area contributed by atoms with Crippen LogP contribution in [0.25, 0.3) is 0 Å². The molecule has 0 unspecified atom stereocenters. The minimum Gasteiger partial charge on any atom is -0.357 e. The van der Waals surface area contributed by atoms with Crippen molar-refractivity contribution < 1.29 is 0 Å². The van der Waals surface area contributed by atoms with Crippen LogP contribution in [-0.2, 0) is 6.54 Å². The second-order valence-electron chi connectivity index (χ2n) is 7.90. The number of aliphatic imine (C=N–C) groups is 1. The van der Waals surface area contributed by atoms with Crippen LogP contribution in [-0.4, -0.2) is 37.6 Å². The molecule has 1 aromatic heterocycles. The number of pyridine rings is 1. The Hall–Kier alpha value is -2.61. The van der Waals surface area contributed by atoms with Crippen LogP contribution in [0.5, 0.6) is 0 Å². The molecule has 2 aromatic carbocycles. The molecule has 4 rings (SSSR count). The maximum Gasteiger partial charge on any atom is 0.191 e. The van der Waals surface area contributed by atoms with Crippen molar-refractivity contribution in [3.8, 4) is 0 Å². The third-order valence-electron chi connectivity index (χ3n) is 5.80. The third kappa shape index (κ3) is 6.45. The van der Waals surface area contributed by atoms with E-state index in [1.54, 1.807) is 0 Å². The van der Waals surface area contributed by atoms with Crippen LogP contribution in [0.4, 0.5) is 5.82 Å². The molecule has 5 nitrogen and oxygen atoms in total. The Bertz CT molecular complexity index is 932. The van der Waals surface area contributed by atoms with Gasteiger partial charge in [0, 0.05) is 45.3 Å². The van der Waals surface area contributed by atoms with E-state index in [1.807, 2.05) is 13.2 Å². The highest BCUT2D eigenvalue weighted by Crippen LogP contribution is 2.23. The van der Waals surface area contributed by atoms with Gasteiger partial charge in [-0.1, -0.05) is 60.7 Å². The molecule has 1 aliphatic rings. The first-order valence-electron chi connectivity index (χ1n) is 11.1.